The van der Waals surface area contributed by atoms with Gasteiger partial charge in [0.05, 0.1) is 5.02 Å². The van der Waals surface area contributed by atoms with Crippen LogP contribution in [0.5, 0.6) is 5.75 Å². The largest absolute Gasteiger partial charge is 0.479 e. The quantitative estimate of drug-likeness (QED) is 0.847. The fourth-order valence-corrected chi connectivity index (χ4v) is 0.975. The van der Waals surface area contributed by atoms with Crippen molar-refractivity contribution in [2.24, 2.45) is 0 Å². The first-order valence-electron chi connectivity index (χ1n) is 3.85. The molecule has 1 N–H and O–H groups in total. The summed E-state index contributed by atoms with van der Waals surface area (Å²) in [7, 11) is 0. The molecule has 0 heterocycles. The molecule has 76 valence electrons. The number of halogens is 2. The van der Waals surface area contributed by atoms with Crippen LogP contribution in [-0.4, -0.2) is 17.2 Å². The van der Waals surface area contributed by atoms with Crippen LogP contribution < -0.4 is 4.74 Å². The Hall–Kier alpha value is -1.29. The van der Waals surface area contributed by atoms with Gasteiger partial charge in [-0.2, -0.15) is 0 Å². The molecular weight excluding hydrogens is 211 g/mol. The molecular formula is C9H8ClFO3. The number of rotatable bonds is 3. The first-order valence-corrected chi connectivity index (χ1v) is 4.23. The van der Waals surface area contributed by atoms with E-state index in [0.29, 0.717) is 0 Å². The zero-order chi connectivity index (χ0) is 10.7. The molecule has 0 fully saturated rings. The predicted octanol–water partition coefficient (Wildman–Crippen LogP) is 2.33. The Bertz CT molecular complexity index is 354. The molecule has 1 aromatic rings. The van der Waals surface area contributed by atoms with Gasteiger partial charge in [-0.3, -0.25) is 0 Å². The molecule has 0 aliphatic rings. The zero-order valence-electron chi connectivity index (χ0n) is 7.33. The van der Waals surface area contributed by atoms with Gasteiger partial charge in [0.2, 0.25) is 0 Å². The van der Waals surface area contributed by atoms with Crippen molar-refractivity contribution in [2.45, 2.75) is 13.0 Å². The number of benzene rings is 1. The van der Waals surface area contributed by atoms with Crippen LogP contribution in [0, 0.1) is 5.82 Å². The van der Waals surface area contributed by atoms with Crippen molar-refractivity contribution in [3.8, 4) is 5.75 Å². The van der Waals surface area contributed by atoms with Crippen molar-refractivity contribution < 1.29 is 19.0 Å². The standard InChI is InChI=1S/C9H8ClFO3/c1-5(9(12)13)14-6-2-3-8(11)7(10)4-6/h2-5H,1H3,(H,12,13). The van der Waals surface area contributed by atoms with Gasteiger partial charge in [0, 0.05) is 6.07 Å². The summed E-state index contributed by atoms with van der Waals surface area (Å²) in [6.07, 6.45) is -0.989. The highest BCUT2D eigenvalue weighted by Crippen LogP contribution is 2.21. The molecule has 1 atom stereocenters. The summed E-state index contributed by atoms with van der Waals surface area (Å²) in [6.45, 7) is 1.37. The molecule has 0 aromatic heterocycles. The van der Waals surface area contributed by atoms with Crippen LogP contribution in [0.4, 0.5) is 4.39 Å². The van der Waals surface area contributed by atoms with E-state index in [4.69, 9.17) is 21.4 Å². The van der Waals surface area contributed by atoms with Crippen LogP contribution in [-0.2, 0) is 4.79 Å². The smallest absolute Gasteiger partial charge is 0.344 e. The number of carboxylic acids is 1. The zero-order valence-corrected chi connectivity index (χ0v) is 8.08. The molecule has 0 aliphatic carbocycles. The summed E-state index contributed by atoms with van der Waals surface area (Å²) >= 11 is 5.47. The highest BCUT2D eigenvalue weighted by Gasteiger charge is 2.12. The molecule has 0 radical (unpaired) electrons. The van der Waals surface area contributed by atoms with Gasteiger partial charge in [-0.1, -0.05) is 11.6 Å². The second-order valence-corrected chi connectivity index (χ2v) is 3.08. The van der Waals surface area contributed by atoms with Crippen LogP contribution in [0.15, 0.2) is 18.2 Å². The van der Waals surface area contributed by atoms with E-state index in [1.165, 1.54) is 19.1 Å². The van der Waals surface area contributed by atoms with Gasteiger partial charge in [-0.15, -0.1) is 0 Å². The Labute approximate surface area is 85.1 Å². The van der Waals surface area contributed by atoms with Gasteiger partial charge in [0.1, 0.15) is 11.6 Å². The number of hydrogen-bond acceptors (Lipinski definition) is 2. The van der Waals surface area contributed by atoms with E-state index < -0.39 is 17.9 Å². The van der Waals surface area contributed by atoms with E-state index in [9.17, 15) is 9.18 Å². The van der Waals surface area contributed by atoms with Crippen molar-refractivity contribution in [2.75, 3.05) is 0 Å². The lowest BCUT2D eigenvalue weighted by atomic mass is 10.3. The number of aliphatic carboxylic acids is 1. The van der Waals surface area contributed by atoms with Crippen LogP contribution in [0.1, 0.15) is 6.92 Å². The van der Waals surface area contributed by atoms with Crippen molar-refractivity contribution in [1.82, 2.24) is 0 Å². The summed E-state index contributed by atoms with van der Waals surface area (Å²) in [5.74, 6) is -1.43. The van der Waals surface area contributed by atoms with E-state index in [1.54, 1.807) is 0 Å². The average molecular weight is 219 g/mol. The molecule has 0 spiro atoms. The minimum Gasteiger partial charge on any atom is -0.479 e. The molecule has 3 nitrogen and oxygen atoms in total. The molecule has 0 saturated heterocycles. The van der Waals surface area contributed by atoms with Crippen molar-refractivity contribution >= 4 is 17.6 Å². The minimum absolute atomic E-state index is 0.0971. The van der Waals surface area contributed by atoms with Gasteiger partial charge in [0.25, 0.3) is 0 Å². The van der Waals surface area contributed by atoms with Gasteiger partial charge in [-0.25, -0.2) is 9.18 Å². The van der Waals surface area contributed by atoms with Crippen molar-refractivity contribution in [3.63, 3.8) is 0 Å². The third-order valence-corrected chi connectivity index (χ3v) is 1.84. The van der Waals surface area contributed by atoms with Crippen molar-refractivity contribution in [1.29, 1.82) is 0 Å². The second kappa shape index (κ2) is 4.28. The summed E-state index contributed by atoms with van der Waals surface area (Å²) in [5, 5.41) is 8.44. The van der Waals surface area contributed by atoms with Crippen LogP contribution >= 0.6 is 11.6 Å². The van der Waals surface area contributed by atoms with Gasteiger partial charge in [0.15, 0.2) is 6.10 Å². The fourth-order valence-electron chi connectivity index (χ4n) is 0.805. The lowest BCUT2D eigenvalue weighted by Crippen LogP contribution is -2.22. The molecule has 0 bridgehead atoms. The van der Waals surface area contributed by atoms with Gasteiger partial charge in [-0.05, 0) is 19.1 Å². The van der Waals surface area contributed by atoms with E-state index in [1.807, 2.05) is 0 Å². The van der Waals surface area contributed by atoms with E-state index in [2.05, 4.69) is 0 Å². The molecule has 0 saturated carbocycles. The lowest BCUT2D eigenvalue weighted by molar-refractivity contribution is -0.144. The highest BCUT2D eigenvalue weighted by atomic mass is 35.5. The third kappa shape index (κ3) is 2.60. The highest BCUT2D eigenvalue weighted by molar-refractivity contribution is 6.30. The van der Waals surface area contributed by atoms with Crippen molar-refractivity contribution in [3.05, 3.63) is 29.0 Å². The predicted molar refractivity (Wildman–Crippen MR) is 49.1 cm³/mol. The molecule has 1 aromatic carbocycles. The molecule has 14 heavy (non-hydrogen) atoms. The normalized spacial score (nSPS) is 12.2. The number of hydrogen-bond donors (Lipinski definition) is 1. The Morgan fingerprint density at radius 2 is 2.29 bits per heavy atom. The Kier molecular flexibility index (Phi) is 3.30. The Morgan fingerprint density at radius 3 is 2.79 bits per heavy atom. The Balaban J connectivity index is 2.78. The average Bonchev–Trinajstić information content (AvgIpc) is 2.11. The third-order valence-electron chi connectivity index (χ3n) is 1.55. The maximum Gasteiger partial charge on any atom is 0.344 e. The molecule has 1 rings (SSSR count). The molecule has 5 heteroatoms. The fraction of sp³-hybridized carbons (Fsp3) is 0.222. The SMILES string of the molecule is CC(Oc1ccc(F)c(Cl)c1)C(=O)O. The molecule has 0 aliphatic heterocycles. The van der Waals surface area contributed by atoms with Crippen LogP contribution in [0.3, 0.4) is 0 Å². The van der Waals surface area contributed by atoms with E-state index >= 15 is 0 Å². The lowest BCUT2D eigenvalue weighted by Gasteiger charge is -2.10. The maximum absolute atomic E-state index is 12.7. The van der Waals surface area contributed by atoms with Gasteiger partial charge < -0.3 is 9.84 Å². The number of ether oxygens (including phenoxy) is 1. The number of carboxylic acid groups (broad SMARTS) is 1. The summed E-state index contributed by atoms with van der Waals surface area (Å²) in [6, 6.07) is 3.67. The number of carbonyl (C=O) groups is 1. The van der Waals surface area contributed by atoms with E-state index in [-0.39, 0.29) is 10.8 Å². The van der Waals surface area contributed by atoms with Gasteiger partial charge >= 0.3 is 5.97 Å². The summed E-state index contributed by atoms with van der Waals surface area (Å²) < 4.78 is 17.7. The Morgan fingerprint density at radius 1 is 1.64 bits per heavy atom. The summed E-state index contributed by atoms with van der Waals surface area (Å²) in [4.78, 5) is 10.4. The maximum atomic E-state index is 12.7. The second-order valence-electron chi connectivity index (χ2n) is 2.67. The first kappa shape index (κ1) is 10.8. The topological polar surface area (TPSA) is 46.5 Å². The van der Waals surface area contributed by atoms with Crippen LogP contribution in [0.2, 0.25) is 5.02 Å². The molecule has 1 unspecified atom stereocenters. The monoisotopic (exact) mass is 218 g/mol. The van der Waals surface area contributed by atoms with E-state index in [0.717, 1.165) is 6.07 Å². The molecule has 0 amide bonds. The first-order chi connectivity index (χ1) is 6.50. The van der Waals surface area contributed by atoms with Crippen LogP contribution in [0.25, 0.3) is 0 Å². The summed E-state index contributed by atoms with van der Waals surface area (Å²) in [5.41, 5.74) is 0. The minimum atomic E-state index is -1.09.